The number of halogens is 1. The fourth-order valence-electron chi connectivity index (χ4n) is 3.12. The van der Waals surface area contributed by atoms with Crippen molar-refractivity contribution < 1.29 is 22.7 Å². The van der Waals surface area contributed by atoms with Gasteiger partial charge in [0, 0.05) is 23.2 Å². The highest BCUT2D eigenvalue weighted by molar-refractivity contribution is 9.10. The number of rotatable bonds is 6. The molecule has 160 valence electrons. The predicted molar refractivity (Wildman–Crippen MR) is 117 cm³/mol. The molecule has 1 aliphatic rings. The van der Waals surface area contributed by atoms with Crippen LogP contribution in [0.15, 0.2) is 57.9 Å². The zero-order valence-corrected chi connectivity index (χ0v) is 18.7. The van der Waals surface area contributed by atoms with Crippen molar-refractivity contribution in [2.45, 2.75) is 30.6 Å². The third-order valence-corrected chi connectivity index (χ3v) is 6.71. The standard InChI is InChI=1S/C21H23BrN2O5S/c22-17-7-11-19(12-8-17)30(27,28)23-18-9-5-16(6-10-18)21(26)29-15-20(25)24-13-3-1-2-4-14-24/h5-12,23H,1-4,13-15H2. The van der Waals surface area contributed by atoms with Gasteiger partial charge in [-0.2, -0.15) is 0 Å². The molecule has 0 spiro atoms. The molecule has 1 N–H and O–H groups in total. The first kappa shape index (κ1) is 22.3. The van der Waals surface area contributed by atoms with Crippen LogP contribution in [0.3, 0.4) is 0 Å². The van der Waals surface area contributed by atoms with Crippen LogP contribution in [0.4, 0.5) is 5.69 Å². The maximum Gasteiger partial charge on any atom is 0.338 e. The van der Waals surface area contributed by atoms with E-state index in [4.69, 9.17) is 4.74 Å². The first-order valence-corrected chi connectivity index (χ1v) is 12.0. The van der Waals surface area contributed by atoms with Gasteiger partial charge in [0.2, 0.25) is 0 Å². The molecular weight excluding hydrogens is 472 g/mol. The van der Waals surface area contributed by atoms with E-state index in [-0.39, 0.29) is 23.0 Å². The van der Waals surface area contributed by atoms with Gasteiger partial charge in [-0.05, 0) is 61.4 Å². The molecule has 2 aromatic rings. The Bertz CT molecular complexity index is 983. The van der Waals surface area contributed by atoms with Crippen molar-refractivity contribution in [1.29, 1.82) is 0 Å². The highest BCUT2D eigenvalue weighted by atomic mass is 79.9. The van der Waals surface area contributed by atoms with Gasteiger partial charge in [-0.25, -0.2) is 13.2 Å². The number of likely N-dealkylation sites (tertiary alicyclic amines) is 1. The van der Waals surface area contributed by atoms with E-state index in [0.717, 1.165) is 30.2 Å². The molecule has 0 atom stereocenters. The number of benzene rings is 2. The van der Waals surface area contributed by atoms with Crippen molar-refractivity contribution >= 4 is 43.5 Å². The number of hydrogen-bond acceptors (Lipinski definition) is 5. The van der Waals surface area contributed by atoms with Gasteiger partial charge in [0.1, 0.15) is 0 Å². The lowest BCUT2D eigenvalue weighted by molar-refractivity contribution is -0.134. The molecule has 0 aromatic heterocycles. The molecule has 1 saturated heterocycles. The first-order chi connectivity index (χ1) is 14.3. The normalized spacial score (nSPS) is 14.6. The number of hydrogen-bond donors (Lipinski definition) is 1. The average Bonchev–Trinajstić information content (AvgIpc) is 3.02. The van der Waals surface area contributed by atoms with Gasteiger partial charge in [-0.1, -0.05) is 28.8 Å². The van der Waals surface area contributed by atoms with E-state index >= 15 is 0 Å². The van der Waals surface area contributed by atoms with Crippen LogP contribution in [0.1, 0.15) is 36.0 Å². The van der Waals surface area contributed by atoms with Crippen LogP contribution in [0.2, 0.25) is 0 Å². The van der Waals surface area contributed by atoms with E-state index in [1.807, 2.05) is 0 Å². The summed E-state index contributed by atoms with van der Waals surface area (Å²) < 4.78 is 33.2. The lowest BCUT2D eigenvalue weighted by Crippen LogP contribution is -2.35. The molecule has 1 heterocycles. The second-order valence-electron chi connectivity index (χ2n) is 7.01. The highest BCUT2D eigenvalue weighted by Crippen LogP contribution is 2.19. The van der Waals surface area contributed by atoms with Gasteiger partial charge in [0.05, 0.1) is 10.5 Å². The molecule has 30 heavy (non-hydrogen) atoms. The lowest BCUT2D eigenvalue weighted by Gasteiger charge is -2.19. The fraction of sp³-hybridized carbons (Fsp3) is 0.333. The largest absolute Gasteiger partial charge is 0.452 e. The third-order valence-electron chi connectivity index (χ3n) is 4.78. The second-order valence-corrected chi connectivity index (χ2v) is 9.61. The molecule has 0 unspecified atom stereocenters. The van der Waals surface area contributed by atoms with Gasteiger partial charge in [0.15, 0.2) is 6.61 Å². The topological polar surface area (TPSA) is 92.8 Å². The van der Waals surface area contributed by atoms with Crippen LogP contribution in [-0.2, 0) is 19.6 Å². The molecule has 0 saturated carbocycles. The highest BCUT2D eigenvalue weighted by Gasteiger charge is 2.18. The number of anilines is 1. The van der Waals surface area contributed by atoms with Gasteiger partial charge >= 0.3 is 5.97 Å². The summed E-state index contributed by atoms with van der Waals surface area (Å²) in [5.74, 6) is -0.815. The minimum atomic E-state index is -3.74. The summed E-state index contributed by atoms with van der Waals surface area (Å²) >= 11 is 3.27. The van der Waals surface area contributed by atoms with E-state index in [9.17, 15) is 18.0 Å². The van der Waals surface area contributed by atoms with Gasteiger partial charge in [-0.15, -0.1) is 0 Å². The van der Waals surface area contributed by atoms with Crippen LogP contribution < -0.4 is 4.72 Å². The summed E-state index contributed by atoms with van der Waals surface area (Å²) in [6.45, 7) is 1.10. The van der Waals surface area contributed by atoms with E-state index in [0.29, 0.717) is 18.8 Å². The fourth-order valence-corrected chi connectivity index (χ4v) is 4.45. The van der Waals surface area contributed by atoms with E-state index in [1.165, 1.54) is 36.4 Å². The summed E-state index contributed by atoms with van der Waals surface area (Å²) in [7, 11) is -3.74. The molecular formula is C21H23BrN2O5S. The molecule has 2 aromatic carbocycles. The first-order valence-electron chi connectivity index (χ1n) is 9.68. The van der Waals surface area contributed by atoms with Crippen molar-refractivity contribution in [1.82, 2.24) is 4.90 Å². The smallest absolute Gasteiger partial charge is 0.338 e. The summed E-state index contributed by atoms with van der Waals surface area (Å²) in [5, 5.41) is 0. The number of ether oxygens (including phenoxy) is 1. The second kappa shape index (κ2) is 10.1. The number of nitrogens with zero attached hydrogens (tertiary/aromatic N) is 1. The van der Waals surface area contributed by atoms with Gasteiger partial charge < -0.3 is 9.64 Å². The summed E-state index contributed by atoms with van der Waals surface area (Å²) in [4.78, 5) is 26.3. The summed E-state index contributed by atoms with van der Waals surface area (Å²) in [6.07, 6.45) is 4.16. The van der Waals surface area contributed by atoms with Crippen LogP contribution in [0, 0.1) is 0 Å². The zero-order chi connectivity index (χ0) is 21.6. The molecule has 0 radical (unpaired) electrons. The Morgan fingerprint density at radius 1 is 0.933 bits per heavy atom. The molecule has 1 aliphatic heterocycles. The molecule has 0 aliphatic carbocycles. The van der Waals surface area contributed by atoms with Crippen molar-refractivity contribution in [3.05, 3.63) is 58.6 Å². The molecule has 7 nitrogen and oxygen atoms in total. The quantitative estimate of drug-likeness (QED) is 0.616. The molecule has 1 amide bonds. The Kier molecular flexibility index (Phi) is 7.49. The Balaban J connectivity index is 1.56. The summed E-state index contributed by atoms with van der Waals surface area (Å²) in [6, 6.07) is 12.1. The van der Waals surface area contributed by atoms with Crippen molar-refractivity contribution in [3.8, 4) is 0 Å². The Hall–Kier alpha value is -2.39. The van der Waals surface area contributed by atoms with Gasteiger partial charge in [-0.3, -0.25) is 9.52 Å². The maximum atomic E-state index is 12.4. The van der Waals surface area contributed by atoms with E-state index in [1.54, 1.807) is 17.0 Å². The third kappa shape index (κ3) is 6.06. The number of carbonyl (C=O) groups excluding carboxylic acids is 2. The van der Waals surface area contributed by atoms with Crippen molar-refractivity contribution in [2.24, 2.45) is 0 Å². The number of nitrogens with one attached hydrogen (secondary N) is 1. The minimum absolute atomic E-state index is 0.126. The average molecular weight is 495 g/mol. The Labute approximate surface area is 184 Å². The minimum Gasteiger partial charge on any atom is -0.452 e. The molecule has 1 fully saturated rings. The summed E-state index contributed by atoms with van der Waals surface area (Å²) in [5.41, 5.74) is 0.556. The van der Waals surface area contributed by atoms with Crippen LogP contribution in [0.5, 0.6) is 0 Å². The van der Waals surface area contributed by atoms with Crippen molar-refractivity contribution in [3.63, 3.8) is 0 Å². The lowest BCUT2D eigenvalue weighted by atomic mass is 10.2. The van der Waals surface area contributed by atoms with E-state index < -0.39 is 16.0 Å². The predicted octanol–water partition coefficient (Wildman–Crippen LogP) is 3.81. The van der Waals surface area contributed by atoms with Gasteiger partial charge in [0.25, 0.3) is 15.9 Å². The molecule has 9 heteroatoms. The number of carbonyl (C=O) groups is 2. The van der Waals surface area contributed by atoms with Crippen LogP contribution >= 0.6 is 15.9 Å². The van der Waals surface area contributed by atoms with Crippen LogP contribution in [-0.4, -0.2) is 44.9 Å². The maximum absolute atomic E-state index is 12.4. The number of esters is 1. The molecule has 0 bridgehead atoms. The SMILES string of the molecule is O=C(OCC(=O)N1CCCCCC1)c1ccc(NS(=O)(=O)c2ccc(Br)cc2)cc1. The van der Waals surface area contributed by atoms with Crippen LogP contribution in [0.25, 0.3) is 0 Å². The Morgan fingerprint density at radius 3 is 2.13 bits per heavy atom. The van der Waals surface area contributed by atoms with Crippen molar-refractivity contribution in [2.75, 3.05) is 24.4 Å². The number of sulfonamides is 1. The number of amides is 1. The van der Waals surface area contributed by atoms with E-state index in [2.05, 4.69) is 20.7 Å². The molecule has 3 rings (SSSR count). The Morgan fingerprint density at radius 2 is 1.53 bits per heavy atom. The monoisotopic (exact) mass is 494 g/mol. The zero-order valence-electron chi connectivity index (χ0n) is 16.3.